The number of aromatic nitrogens is 3. The largest absolute Gasteiger partial charge is 0.494 e. The summed E-state index contributed by atoms with van der Waals surface area (Å²) in [6.45, 7) is 1.30. The van der Waals surface area contributed by atoms with Crippen molar-refractivity contribution in [3.63, 3.8) is 0 Å². The molecule has 2 heterocycles. The molecule has 8 nitrogen and oxygen atoms in total. The zero-order chi connectivity index (χ0) is 22.9. The molecule has 0 spiro atoms. The maximum atomic E-state index is 11.0. The molecule has 0 fully saturated rings. The van der Waals surface area contributed by atoms with Crippen molar-refractivity contribution in [1.82, 2.24) is 20.4 Å². The van der Waals surface area contributed by atoms with Crippen molar-refractivity contribution >= 4 is 22.8 Å². The van der Waals surface area contributed by atoms with E-state index in [2.05, 4.69) is 38.5 Å². The van der Waals surface area contributed by atoms with Crippen LogP contribution in [0.3, 0.4) is 0 Å². The molecule has 0 radical (unpaired) electrons. The van der Waals surface area contributed by atoms with Gasteiger partial charge in [0.25, 0.3) is 0 Å². The number of ether oxygens (including phenoxy) is 1. The number of hydrogen-bond acceptors (Lipinski definition) is 6. The molecule has 0 aliphatic rings. The molecule has 0 saturated carbocycles. The number of hydrogen-bond donors (Lipinski definition) is 4. The van der Waals surface area contributed by atoms with Crippen LogP contribution in [0.1, 0.15) is 24.8 Å². The highest BCUT2D eigenvalue weighted by atomic mass is 16.5. The third kappa shape index (κ3) is 6.08. The third-order valence-corrected chi connectivity index (χ3v) is 5.33. The number of carbonyl (C=O) groups is 1. The number of amides is 1. The molecular weight excluding hydrogens is 418 g/mol. The summed E-state index contributed by atoms with van der Waals surface area (Å²) >= 11 is 0. The molecule has 8 heteroatoms. The molecule has 4 aromatic rings. The van der Waals surface area contributed by atoms with Crippen molar-refractivity contribution in [3.05, 3.63) is 72.6 Å². The second-order valence-corrected chi connectivity index (χ2v) is 7.69. The van der Waals surface area contributed by atoms with Gasteiger partial charge in [0.1, 0.15) is 23.5 Å². The van der Waals surface area contributed by atoms with E-state index in [1.807, 2.05) is 42.5 Å². The first-order valence-corrected chi connectivity index (χ1v) is 11.0. The number of aromatic amines is 1. The first kappa shape index (κ1) is 22.3. The number of rotatable bonds is 11. The minimum atomic E-state index is -0.378. The second-order valence-electron chi connectivity index (χ2n) is 7.69. The molecule has 0 atom stereocenters. The number of anilines is 1. The quantitative estimate of drug-likeness (QED) is 0.155. The van der Waals surface area contributed by atoms with Crippen LogP contribution in [-0.2, 0) is 11.2 Å². The Morgan fingerprint density at radius 1 is 1.03 bits per heavy atom. The molecule has 0 bridgehead atoms. The molecule has 0 aliphatic carbocycles. The topological polar surface area (TPSA) is 112 Å². The average Bonchev–Trinajstić information content (AvgIpc) is 3.30. The van der Waals surface area contributed by atoms with Crippen molar-refractivity contribution in [1.29, 1.82) is 0 Å². The Kier molecular flexibility index (Phi) is 7.50. The minimum Gasteiger partial charge on any atom is -0.494 e. The van der Waals surface area contributed by atoms with E-state index >= 15 is 0 Å². The van der Waals surface area contributed by atoms with E-state index in [-0.39, 0.29) is 12.3 Å². The third-order valence-electron chi connectivity index (χ3n) is 5.33. The molecule has 0 saturated heterocycles. The number of nitrogens with one attached hydrogen (secondary N) is 3. The molecule has 4 N–H and O–H groups in total. The zero-order valence-electron chi connectivity index (χ0n) is 18.3. The number of unbranched alkanes of at least 4 members (excludes halogenated alkanes) is 1. The van der Waals surface area contributed by atoms with E-state index < -0.39 is 0 Å². The van der Waals surface area contributed by atoms with E-state index in [1.165, 1.54) is 5.56 Å². The van der Waals surface area contributed by atoms with Crippen LogP contribution in [-0.4, -0.2) is 39.2 Å². The van der Waals surface area contributed by atoms with Gasteiger partial charge in [0.15, 0.2) is 0 Å². The number of nitrogens with zero attached hydrogens (tertiary/aromatic N) is 2. The van der Waals surface area contributed by atoms with Crippen LogP contribution in [0.5, 0.6) is 5.75 Å². The summed E-state index contributed by atoms with van der Waals surface area (Å²) in [6, 6.07) is 20.2. The molecular formula is C25H27N5O3. The van der Waals surface area contributed by atoms with Gasteiger partial charge in [-0.25, -0.2) is 15.4 Å². The van der Waals surface area contributed by atoms with Crippen molar-refractivity contribution < 1.29 is 14.7 Å². The van der Waals surface area contributed by atoms with E-state index in [9.17, 15) is 4.79 Å². The van der Waals surface area contributed by atoms with Gasteiger partial charge in [0.2, 0.25) is 5.91 Å². The van der Waals surface area contributed by atoms with Gasteiger partial charge >= 0.3 is 0 Å². The van der Waals surface area contributed by atoms with Crippen molar-refractivity contribution in [2.45, 2.75) is 25.7 Å². The molecule has 170 valence electrons. The predicted molar refractivity (Wildman–Crippen MR) is 127 cm³/mol. The molecule has 0 unspecified atom stereocenters. The van der Waals surface area contributed by atoms with Gasteiger partial charge in [0, 0.05) is 18.7 Å². The Morgan fingerprint density at radius 2 is 1.85 bits per heavy atom. The number of fused-ring (bicyclic) bond motifs is 1. The van der Waals surface area contributed by atoms with Crippen LogP contribution >= 0.6 is 0 Å². The first-order valence-electron chi connectivity index (χ1n) is 11.0. The summed E-state index contributed by atoms with van der Waals surface area (Å²) in [4.78, 5) is 23.2. The Bertz CT molecular complexity index is 1180. The van der Waals surface area contributed by atoms with Crippen LogP contribution in [0, 0.1) is 0 Å². The van der Waals surface area contributed by atoms with Gasteiger partial charge in [0.05, 0.1) is 12.0 Å². The van der Waals surface area contributed by atoms with Crippen molar-refractivity contribution in [3.8, 4) is 17.0 Å². The Hall–Kier alpha value is -3.91. The van der Waals surface area contributed by atoms with E-state index in [0.717, 1.165) is 53.2 Å². The molecule has 1 amide bonds. The Balaban J connectivity index is 1.35. The van der Waals surface area contributed by atoms with E-state index in [4.69, 9.17) is 9.94 Å². The fourth-order valence-electron chi connectivity index (χ4n) is 3.57. The van der Waals surface area contributed by atoms with Crippen LogP contribution in [0.4, 0.5) is 5.82 Å². The lowest BCUT2D eigenvalue weighted by Crippen LogP contribution is -2.18. The number of hydroxylamine groups is 1. The number of benzene rings is 2. The maximum absolute atomic E-state index is 11.0. The number of carbonyl (C=O) groups excluding carboxylic acids is 1. The lowest BCUT2D eigenvalue weighted by Gasteiger charge is -2.06. The normalized spacial score (nSPS) is 10.8. The van der Waals surface area contributed by atoms with Crippen LogP contribution in [0.2, 0.25) is 0 Å². The van der Waals surface area contributed by atoms with Crippen LogP contribution in [0.25, 0.3) is 22.3 Å². The lowest BCUT2D eigenvalue weighted by molar-refractivity contribution is -0.129. The standard InChI is InChI=1S/C25H27N5O3/c31-23(30-32)8-4-5-15-33-20-11-9-19(10-12-20)22-16-21-24(27-17-28-25(21)29-22)26-14-13-18-6-2-1-3-7-18/h1-3,6-7,9-12,16-17,32H,4-5,8,13-15H2,(H,30,31)(H2,26,27,28,29). The molecule has 33 heavy (non-hydrogen) atoms. The predicted octanol–water partition coefficient (Wildman–Crippen LogP) is 4.33. The summed E-state index contributed by atoms with van der Waals surface area (Å²) in [5, 5.41) is 12.9. The van der Waals surface area contributed by atoms with E-state index in [1.54, 1.807) is 11.8 Å². The highest BCUT2D eigenvalue weighted by Crippen LogP contribution is 2.28. The fourth-order valence-corrected chi connectivity index (χ4v) is 3.57. The monoisotopic (exact) mass is 445 g/mol. The second kappa shape index (κ2) is 11.1. The van der Waals surface area contributed by atoms with Gasteiger partial charge in [-0.1, -0.05) is 30.3 Å². The minimum absolute atomic E-state index is 0.283. The van der Waals surface area contributed by atoms with Gasteiger partial charge < -0.3 is 15.0 Å². The SMILES string of the molecule is O=C(CCCCOc1ccc(-c2cc3c(NCCc4ccccc4)ncnc3[nH]2)cc1)NO. The average molecular weight is 446 g/mol. The van der Waals surface area contributed by atoms with Gasteiger partial charge in [-0.3, -0.25) is 10.0 Å². The summed E-state index contributed by atoms with van der Waals surface area (Å²) in [6.07, 6.45) is 4.15. The fraction of sp³-hybridized carbons (Fsp3) is 0.240. The van der Waals surface area contributed by atoms with Gasteiger partial charge in [-0.05, 0) is 60.7 Å². The summed E-state index contributed by atoms with van der Waals surface area (Å²) in [5.74, 6) is 1.20. The smallest absolute Gasteiger partial charge is 0.243 e. The first-order chi connectivity index (χ1) is 16.2. The molecule has 2 aromatic heterocycles. The van der Waals surface area contributed by atoms with Crippen LogP contribution < -0.4 is 15.5 Å². The Labute approximate surface area is 192 Å². The summed E-state index contributed by atoms with van der Waals surface area (Å²) in [7, 11) is 0. The highest BCUT2D eigenvalue weighted by molar-refractivity contribution is 5.91. The summed E-state index contributed by atoms with van der Waals surface area (Å²) < 4.78 is 5.73. The van der Waals surface area contributed by atoms with Crippen LogP contribution in [0.15, 0.2) is 67.0 Å². The molecule has 0 aliphatic heterocycles. The maximum Gasteiger partial charge on any atom is 0.243 e. The summed E-state index contributed by atoms with van der Waals surface area (Å²) in [5.41, 5.74) is 5.68. The van der Waals surface area contributed by atoms with Crippen molar-refractivity contribution in [2.75, 3.05) is 18.5 Å². The zero-order valence-corrected chi connectivity index (χ0v) is 18.3. The van der Waals surface area contributed by atoms with Gasteiger partial charge in [-0.2, -0.15) is 0 Å². The molecule has 2 aromatic carbocycles. The highest BCUT2D eigenvalue weighted by Gasteiger charge is 2.10. The van der Waals surface area contributed by atoms with E-state index in [0.29, 0.717) is 13.0 Å². The lowest BCUT2D eigenvalue weighted by atomic mass is 10.1. The molecule has 4 rings (SSSR count). The Morgan fingerprint density at radius 3 is 2.64 bits per heavy atom. The van der Waals surface area contributed by atoms with Crippen molar-refractivity contribution in [2.24, 2.45) is 0 Å². The number of H-pyrrole nitrogens is 1. The van der Waals surface area contributed by atoms with Gasteiger partial charge in [-0.15, -0.1) is 0 Å².